The Kier molecular flexibility index (Phi) is 9.06. The Morgan fingerprint density at radius 3 is 2.06 bits per heavy atom. The maximum atomic E-state index is 13.1. The van der Waals surface area contributed by atoms with Crippen LogP contribution in [0, 0.1) is 5.92 Å². The molecule has 0 heterocycles. The molecular weight excluding hydrogens is 459 g/mol. The van der Waals surface area contributed by atoms with Crippen molar-refractivity contribution in [2.45, 2.75) is 58.8 Å². The van der Waals surface area contributed by atoms with Crippen molar-refractivity contribution in [1.29, 1.82) is 0 Å². The molecule has 2 aromatic rings. The number of alkyl halides is 3. The van der Waals surface area contributed by atoms with Crippen molar-refractivity contribution in [2.75, 3.05) is 6.54 Å². The fourth-order valence-electron chi connectivity index (χ4n) is 3.46. The summed E-state index contributed by atoms with van der Waals surface area (Å²) in [5.41, 5.74) is -0.138. The van der Waals surface area contributed by atoms with Crippen LogP contribution < -0.4 is 16.0 Å². The Morgan fingerprint density at radius 2 is 1.51 bits per heavy atom. The largest absolute Gasteiger partial charge is 0.416 e. The molecule has 190 valence electrons. The highest BCUT2D eigenvalue weighted by molar-refractivity contribution is 6.03. The second kappa shape index (κ2) is 11.4. The molecule has 0 spiro atoms. The predicted octanol–water partition coefficient (Wildman–Crippen LogP) is 4.55. The Morgan fingerprint density at radius 1 is 0.914 bits per heavy atom. The molecule has 0 aromatic heterocycles. The highest BCUT2D eigenvalue weighted by Crippen LogP contribution is 2.32. The maximum absolute atomic E-state index is 13.1. The van der Waals surface area contributed by atoms with E-state index in [-0.39, 0.29) is 23.9 Å². The minimum absolute atomic E-state index is 0.0691. The third-order valence-electron chi connectivity index (χ3n) is 4.96. The van der Waals surface area contributed by atoms with Gasteiger partial charge in [0.2, 0.25) is 11.8 Å². The fourth-order valence-corrected chi connectivity index (χ4v) is 3.46. The lowest BCUT2D eigenvalue weighted by Crippen LogP contribution is -2.51. The van der Waals surface area contributed by atoms with Gasteiger partial charge in [0, 0.05) is 11.1 Å². The number of hydrogen-bond acceptors (Lipinski definition) is 3. The van der Waals surface area contributed by atoms with Crippen LogP contribution in [0.4, 0.5) is 13.2 Å². The van der Waals surface area contributed by atoms with E-state index < -0.39 is 35.1 Å². The lowest BCUT2D eigenvalue weighted by Gasteiger charge is -2.23. The van der Waals surface area contributed by atoms with Crippen molar-refractivity contribution >= 4 is 17.7 Å². The van der Waals surface area contributed by atoms with E-state index in [9.17, 15) is 27.6 Å². The molecule has 3 amide bonds. The van der Waals surface area contributed by atoms with Crippen LogP contribution >= 0.6 is 0 Å². The lowest BCUT2D eigenvalue weighted by molar-refractivity contribution is -0.137. The molecule has 0 saturated carbocycles. The Bertz CT molecular complexity index is 1040. The van der Waals surface area contributed by atoms with Crippen LogP contribution in [0.15, 0.2) is 48.5 Å². The van der Waals surface area contributed by atoms with Gasteiger partial charge in [-0.1, -0.05) is 44.2 Å². The van der Waals surface area contributed by atoms with Gasteiger partial charge >= 0.3 is 6.18 Å². The Hall–Kier alpha value is -3.36. The van der Waals surface area contributed by atoms with Crippen molar-refractivity contribution in [3.63, 3.8) is 0 Å². The van der Waals surface area contributed by atoms with Gasteiger partial charge in [-0.3, -0.25) is 14.4 Å². The third-order valence-corrected chi connectivity index (χ3v) is 4.96. The molecule has 2 aromatic carbocycles. The second-order valence-corrected chi connectivity index (χ2v) is 9.79. The van der Waals surface area contributed by atoms with Crippen LogP contribution in [-0.2, 0) is 15.8 Å². The van der Waals surface area contributed by atoms with Gasteiger partial charge in [0.05, 0.1) is 12.1 Å². The molecule has 0 radical (unpaired) electrons. The molecule has 9 heteroatoms. The van der Waals surface area contributed by atoms with Gasteiger partial charge in [-0.15, -0.1) is 0 Å². The van der Waals surface area contributed by atoms with Gasteiger partial charge in [0.25, 0.3) is 5.91 Å². The van der Waals surface area contributed by atoms with Crippen LogP contribution in [0.2, 0.25) is 0 Å². The molecule has 1 atom stereocenters. The smallest absolute Gasteiger partial charge is 0.350 e. The average Bonchev–Trinajstić information content (AvgIpc) is 2.75. The van der Waals surface area contributed by atoms with E-state index in [4.69, 9.17) is 0 Å². The topological polar surface area (TPSA) is 87.3 Å². The van der Waals surface area contributed by atoms with E-state index in [0.29, 0.717) is 17.5 Å². The van der Waals surface area contributed by atoms with E-state index >= 15 is 0 Å². The summed E-state index contributed by atoms with van der Waals surface area (Å²) >= 11 is 0. The first-order chi connectivity index (χ1) is 16.2. The summed E-state index contributed by atoms with van der Waals surface area (Å²) in [5, 5.41) is 8.03. The zero-order valence-electron chi connectivity index (χ0n) is 20.5. The second-order valence-electron chi connectivity index (χ2n) is 9.79. The molecule has 0 aliphatic heterocycles. The molecule has 0 bridgehead atoms. The average molecular weight is 492 g/mol. The predicted molar refractivity (Wildman–Crippen MR) is 128 cm³/mol. The van der Waals surface area contributed by atoms with Gasteiger partial charge in [0.15, 0.2) is 0 Å². The van der Waals surface area contributed by atoms with Crippen molar-refractivity contribution in [3.8, 4) is 11.1 Å². The van der Waals surface area contributed by atoms with E-state index in [2.05, 4.69) is 16.0 Å². The molecule has 0 fully saturated rings. The van der Waals surface area contributed by atoms with Crippen molar-refractivity contribution < 1.29 is 27.6 Å². The number of hydrogen-bond donors (Lipinski definition) is 3. The van der Waals surface area contributed by atoms with Crippen molar-refractivity contribution in [2.24, 2.45) is 5.92 Å². The van der Waals surface area contributed by atoms with Crippen molar-refractivity contribution in [3.05, 3.63) is 59.7 Å². The lowest BCUT2D eigenvalue weighted by atomic mass is 9.97. The molecule has 0 saturated heterocycles. The first kappa shape index (κ1) is 27.9. The van der Waals surface area contributed by atoms with Crippen molar-refractivity contribution in [1.82, 2.24) is 16.0 Å². The monoisotopic (exact) mass is 491 g/mol. The van der Waals surface area contributed by atoms with E-state index in [0.717, 1.165) is 12.1 Å². The van der Waals surface area contributed by atoms with Gasteiger partial charge in [-0.2, -0.15) is 13.2 Å². The van der Waals surface area contributed by atoms with E-state index in [1.807, 2.05) is 34.6 Å². The minimum Gasteiger partial charge on any atom is -0.350 e. The number of nitrogens with one attached hydrogen (secondary N) is 3. The highest BCUT2D eigenvalue weighted by atomic mass is 19.4. The van der Waals surface area contributed by atoms with Crippen LogP contribution in [-0.4, -0.2) is 35.8 Å². The van der Waals surface area contributed by atoms with Crippen LogP contribution in [0.25, 0.3) is 11.1 Å². The molecule has 2 rings (SSSR count). The number of amides is 3. The molecule has 35 heavy (non-hydrogen) atoms. The molecule has 0 aliphatic rings. The Balaban J connectivity index is 2.20. The summed E-state index contributed by atoms with van der Waals surface area (Å²) in [6.45, 7) is 9.03. The molecule has 3 N–H and O–H groups in total. The van der Waals surface area contributed by atoms with Crippen LogP contribution in [0.1, 0.15) is 57.0 Å². The first-order valence-electron chi connectivity index (χ1n) is 11.3. The maximum Gasteiger partial charge on any atom is 0.416 e. The van der Waals surface area contributed by atoms with Crippen LogP contribution in [0.5, 0.6) is 0 Å². The summed E-state index contributed by atoms with van der Waals surface area (Å²) < 4.78 is 38.8. The van der Waals surface area contributed by atoms with Crippen LogP contribution in [0.3, 0.4) is 0 Å². The number of halogens is 3. The molecule has 0 unspecified atom stereocenters. The van der Waals surface area contributed by atoms with Gasteiger partial charge in [-0.25, -0.2) is 0 Å². The normalized spacial score (nSPS) is 12.7. The standard InChI is InChI=1S/C26H32F3N3O3/c1-16(2)14-21(24(35)30-15-22(33)32-25(3,4)5)31-23(34)20-9-7-6-8-19(20)17-10-12-18(13-11-17)26(27,28)29/h6-13,16,21H,14-15H2,1-5H3,(H,30,35)(H,31,34)(H,32,33)/t21-/m0/s1. The zero-order chi connectivity index (χ0) is 26.4. The summed E-state index contributed by atoms with van der Waals surface area (Å²) in [6.07, 6.45) is -4.13. The van der Waals surface area contributed by atoms with E-state index in [1.54, 1.807) is 24.3 Å². The summed E-state index contributed by atoms with van der Waals surface area (Å²) in [5.74, 6) is -1.32. The first-order valence-corrected chi connectivity index (χ1v) is 11.3. The van der Waals surface area contributed by atoms with Gasteiger partial charge in [-0.05, 0) is 62.4 Å². The molecular formula is C26H32F3N3O3. The summed E-state index contributed by atoms with van der Waals surface area (Å²) in [6, 6.07) is 10.1. The minimum atomic E-state index is -4.46. The Labute approximate surface area is 203 Å². The SMILES string of the molecule is CC(C)C[C@H](NC(=O)c1ccccc1-c1ccc(C(F)(F)F)cc1)C(=O)NCC(=O)NC(C)(C)C. The highest BCUT2D eigenvalue weighted by Gasteiger charge is 2.30. The number of carbonyl (C=O) groups excluding carboxylic acids is 3. The third kappa shape index (κ3) is 8.73. The number of carbonyl (C=O) groups is 3. The van der Waals surface area contributed by atoms with Gasteiger partial charge < -0.3 is 16.0 Å². The summed E-state index contributed by atoms with van der Waals surface area (Å²) in [7, 11) is 0. The fraction of sp³-hybridized carbons (Fsp3) is 0.423. The number of benzene rings is 2. The quantitative estimate of drug-likeness (QED) is 0.506. The zero-order valence-corrected chi connectivity index (χ0v) is 20.5. The molecule has 0 aliphatic carbocycles. The van der Waals surface area contributed by atoms with E-state index in [1.165, 1.54) is 12.1 Å². The van der Waals surface area contributed by atoms with Gasteiger partial charge in [0.1, 0.15) is 6.04 Å². The number of rotatable bonds is 8. The summed E-state index contributed by atoms with van der Waals surface area (Å²) in [4.78, 5) is 38.0. The molecule has 6 nitrogen and oxygen atoms in total.